The molecular formula is C19H29N5O5S. The number of nitrogens with one attached hydrogen (secondary N) is 1. The van der Waals surface area contributed by atoms with E-state index in [-0.39, 0.29) is 35.6 Å². The first-order chi connectivity index (χ1) is 14.3. The average Bonchev–Trinajstić information content (AvgIpc) is 3.36. The van der Waals surface area contributed by atoms with Crippen LogP contribution in [0, 0.1) is 5.92 Å². The molecule has 2 aromatic rings. The summed E-state index contributed by atoms with van der Waals surface area (Å²) in [5, 5.41) is 13.0. The molecule has 0 saturated heterocycles. The van der Waals surface area contributed by atoms with Gasteiger partial charge in [-0.2, -0.15) is 4.98 Å². The fraction of sp³-hybridized carbons (Fsp3) is 0.684. The van der Waals surface area contributed by atoms with Crippen molar-refractivity contribution < 1.29 is 22.8 Å². The molecule has 0 amide bonds. The van der Waals surface area contributed by atoms with E-state index in [1.165, 1.54) is 49.2 Å². The van der Waals surface area contributed by atoms with Gasteiger partial charge in [-0.1, -0.05) is 50.1 Å². The quantitative estimate of drug-likeness (QED) is 0.544. The molecule has 2 heterocycles. The summed E-state index contributed by atoms with van der Waals surface area (Å²) in [4.78, 5) is 19.3. The first-order valence-electron chi connectivity index (χ1n) is 10.4. The van der Waals surface area contributed by atoms with Crippen LogP contribution < -0.4 is 4.72 Å². The van der Waals surface area contributed by atoms with Crippen molar-refractivity contribution in [2.45, 2.75) is 75.3 Å². The molecule has 166 valence electrons. The summed E-state index contributed by atoms with van der Waals surface area (Å²) in [6.45, 7) is -0.162. The van der Waals surface area contributed by atoms with Crippen LogP contribution in [-0.2, 0) is 28.4 Å². The molecule has 1 fully saturated rings. The Morgan fingerprint density at radius 2 is 2.13 bits per heavy atom. The fourth-order valence-corrected chi connectivity index (χ4v) is 4.88. The molecule has 0 aromatic carbocycles. The zero-order valence-electron chi connectivity index (χ0n) is 17.2. The lowest BCUT2D eigenvalue weighted by Crippen LogP contribution is -2.24. The molecule has 0 aliphatic heterocycles. The van der Waals surface area contributed by atoms with E-state index in [2.05, 4.69) is 19.8 Å². The molecule has 1 aliphatic carbocycles. The van der Waals surface area contributed by atoms with Crippen molar-refractivity contribution in [1.82, 2.24) is 24.4 Å². The SMILES string of the molecule is Cn1cnc(S(=O)(=O)NCc2noc([C@H](CCCC3CCCCC3)CC(=O)O)n2)c1. The second-order valence-corrected chi connectivity index (χ2v) is 9.69. The zero-order chi connectivity index (χ0) is 21.6. The summed E-state index contributed by atoms with van der Waals surface area (Å²) in [6.07, 6.45) is 11.7. The Kier molecular flexibility index (Phi) is 7.59. The number of nitrogens with zero attached hydrogens (tertiary/aromatic N) is 4. The van der Waals surface area contributed by atoms with Crippen LogP contribution in [0.2, 0.25) is 0 Å². The lowest BCUT2D eigenvalue weighted by Gasteiger charge is -2.21. The standard InChI is InChI=1S/C19H29N5O5S/c1-24-12-17(20-13-24)30(27,28)21-11-16-22-19(29-23-16)15(10-18(25)26)9-5-8-14-6-3-2-4-7-14/h12-15,21H,2-11H2,1H3,(H,25,26)/t15-/m1/s1. The lowest BCUT2D eigenvalue weighted by atomic mass is 9.84. The summed E-state index contributed by atoms with van der Waals surface area (Å²) >= 11 is 0. The Morgan fingerprint density at radius 3 is 2.80 bits per heavy atom. The minimum Gasteiger partial charge on any atom is -0.481 e. The number of sulfonamides is 1. The number of carboxylic acids is 1. The molecule has 0 radical (unpaired) electrons. The number of carbonyl (C=O) groups is 1. The highest BCUT2D eigenvalue weighted by Gasteiger charge is 2.24. The minimum atomic E-state index is -3.79. The molecule has 0 spiro atoms. The highest BCUT2D eigenvalue weighted by molar-refractivity contribution is 7.89. The average molecular weight is 440 g/mol. The number of hydrogen-bond donors (Lipinski definition) is 2. The van der Waals surface area contributed by atoms with Gasteiger partial charge in [-0.3, -0.25) is 4.79 Å². The number of hydrogen-bond acceptors (Lipinski definition) is 7. The van der Waals surface area contributed by atoms with Crippen LogP contribution in [0.25, 0.3) is 0 Å². The van der Waals surface area contributed by atoms with E-state index in [1.807, 2.05) is 0 Å². The van der Waals surface area contributed by atoms with Crippen molar-refractivity contribution >= 4 is 16.0 Å². The van der Waals surface area contributed by atoms with Crippen molar-refractivity contribution in [2.75, 3.05) is 0 Å². The minimum absolute atomic E-state index is 0.0913. The van der Waals surface area contributed by atoms with E-state index in [0.717, 1.165) is 18.8 Å². The number of aryl methyl sites for hydroxylation is 1. The second-order valence-electron chi connectivity index (χ2n) is 7.98. The van der Waals surface area contributed by atoms with E-state index in [1.54, 1.807) is 7.05 Å². The highest BCUT2D eigenvalue weighted by Crippen LogP contribution is 2.31. The van der Waals surface area contributed by atoms with Gasteiger partial charge in [0.15, 0.2) is 10.9 Å². The molecule has 2 aromatic heterocycles. The smallest absolute Gasteiger partial charge is 0.304 e. The molecule has 1 saturated carbocycles. The van der Waals surface area contributed by atoms with E-state index < -0.39 is 16.0 Å². The first-order valence-corrected chi connectivity index (χ1v) is 11.8. The summed E-state index contributed by atoms with van der Waals surface area (Å²) < 4.78 is 33.7. The second kappa shape index (κ2) is 10.2. The molecule has 10 nitrogen and oxygen atoms in total. The van der Waals surface area contributed by atoms with Gasteiger partial charge in [0.1, 0.15) is 0 Å². The van der Waals surface area contributed by atoms with Crippen LogP contribution in [0.4, 0.5) is 0 Å². The molecule has 1 atom stereocenters. The first kappa shape index (κ1) is 22.4. The topological polar surface area (TPSA) is 140 Å². The van der Waals surface area contributed by atoms with Crippen LogP contribution in [0.1, 0.15) is 75.4 Å². The number of rotatable bonds is 11. The summed E-state index contributed by atoms with van der Waals surface area (Å²) in [5.74, 6) is -0.170. The summed E-state index contributed by atoms with van der Waals surface area (Å²) in [5.41, 5.74) is 0. The third-order valence-corrected chi connectivity index (χ3v) is 6.81. The molecular weight excluding hydrogens is 410 g/mol. The van der Waals surface area contributed by atoms with Crippen molar-refractivity contribution in [3.63, 3.8) is 0 Å². The zero-order valence-corrected chi connectivity index (χ0v) is 18.0. The molecule has 30 heavy (non-hydrogen) atoms. The summed E-state index contributed by atoms with van der Waals surface area (Å²) in [6, 6.07) is 0. The monoisotopic (exact) mass is 439 g/mol. The van der Waals surface area contributed by atoms with Crippen LogP contribution in [0.15, 0.2) is 22.1 Å². The normalized spacial score (nSPS) is 16.6. The maximum atomic E-state index is 12.2. The number of aliphatic carboxylic acids is 1. The number of carboxylic acid groups (broad SMARTS) is 1. The summed E-state index contributed by atoms with van der Waals surface area (Å²) in [7, 11) is -2.12. The van der Waals surface area contributed by atoms with Crippen molar-refractivity contribution in [2.24, 2.45) is 13.0 Å². The van der Waals surface area contributed by atoms with Gasteiger partial charge in [0, 0.05) is 19.2 Å². The molecule has 1 aliphatic rings. The third kappa shape index (κ3) is 6.36. The predicted molar refractivity (Wildman–Crippen MR) is 107 cm³/mol. The van der Waals surface area contributed by atoms with Gasteiger partial charge in [0.25, 0.3) is 10.0 Å². The van der Waals surface area contributed by atoms with E-state index >= 15 is 0 Å². The van der Waals surface area contributed by atoms with Gasteiger partial charge in [-0.25, -0.2) is 18.1 Å². The highest BCUT2D eigenvalue weighted by atomic mass is 32.2. The lowest BCUT2D eigenvalue weighted by molar-refractivity contribution is -0.137. The largest absolute Gasteiger partial charge is 0.481 e. The predicted octanol–water partition coefficient (Wildman–Crippen LogP) is 2.59. The van der Waals surface area contributed by atoms with Crippen molar-refractivity contribution in [3.05, 3.63) is 24.2 Å². The van der Waals surface area contributed by atoms with Gasteiger partial charge in [-0.15, -0.1) is 0 Å². The molecule has 0 bridgehead atoms. The Balaban J connectivity index is 1.56. The molecule has 0 unspecified atom stereocenters. The Labute approximate surface area is 176 Å². The van der Waals surface area contributed by atoms with Crippen molar-refractivity contribution in [3.8, 4) is 0 Å². The van der Waals surface area contributed by atoms with Crippen molar-refractivity contribution in [1.29, 1.82) is 0 Å². The Hall–Kier alpha value is -2.27. The van der Waals surface area contributed by atoms with Crippen LogP contribution in [-0.4, -0.2) is 39.2 Å². The third-order valence-electron chi connectivity index (χ3n) is 5.52. The number of aromatic nitrogens is 4. The van der Waals surface area contributed by atoms with Crippen LogP contribution in [0.3, 0.4) is 0 Å². The van der Waals surface area contributed by atoms with Gasteiger partial charge >= 0.3 is 5.97 Å². The van der Waals surface area contributed by atoms with Gasteiger partial charge in [0.05, 0.1) is 19.3 Å². The Morgan fingerprint density at radius 1 is 1.37 bits per heavy atom. The van der Waals surface area contributed by atoms with Crippen LogP contribution in [0.5, 0.6) is 0 Å². The van der Waals surface area contributed by atoms with Gasteiger partial charge in [-0.05, 0) is 12.3 Å². The van der Waals surface area contributed by atoms with Gasteiger partial charge in [0.2, 0.25) is 5.89 Å². The van der Waals surface area contributed by atoms with Gasteiger partial charge < -0.3 is 14.2 Å². The molecule has 11 heteroatoms. The fourth-order valence-electron chi connectivity index (χ4n) is 3.92. The molecule has 2 N–H and O–H groups in total. The maximum Gasteiger partial charge on any atom is 0.304 e. The molecule has 3 rings (SSSR count). The van der Waals surface area contributed by atoms with E-state index in [4.69, 9.17) is 4.52 Å². The van der Waals surface area contributed by atoms with Crippen LogP contribution >= 0.6 is 0 Å². The van der Waals surface area contributed by atoms with E-state index in [0.29, 0.717) is 6.42 Å². The van der Waals surface area contributed by atoms with E-state index in [9.17, 15) is 18.3 Å². The Bertz CT molecular complexity index is 933. The number of imidazole rings is 1. The maximum absolute atomic E-state index is 12.2.